The molecule has 35 heavy (non-hydrogen) atoms. The van der Waals surface area contributed by atoms with Crippen LogP contribution in [0, 0.1) is 20.2 Å². The number of carbonyl (C=O) groups excluding carboxylic acids is 2. The number of rotatable bonds is 7. The minimum atomic E-state index is -0.912. The van der Waals surface area contributed by atoms with Crippen molar-refractivity contribution in [3.8, 4) is 11.5 Å². The second-order valence-electron chi connectivity index (χ2n) is 7.22. The van der Waals surface area contributed by atoms with Crippen LogP contribution in [0.5, 0.6) is 11.5 Å². The lowest BCUT2D eigenvalue weighted by atomic mass is 10.1. The Hall–Kier alpha value is -4.33. The topological polar surface area (TPSA) is 165 Å². The summed E-state index contributed by atoms with van der Waals surface area (Å²) < 4.78 is 18.5. The average molecular weight is 502 g/mol. The molecule has 0 bridgehead atoms. The van der Waals surface area contributed by atoms with Crippen LogP contribution in [-0.4, -0.2) is 46.1 Å². The molecule has 0 radical (unpaired) electrons. The Morgan fingerprint density at radius 3 is 2.29 bits per heavy atom. The smallest absolute Gasteiger partial charge is 0.307 e. The van der Waals surface area contributed by atoms with E-state index in [0.29, 0.717) is 34.9 Å². The van der Waals surface area contributed by atoms with E-state index in [1.54, 1.807) is 23.6 Å². The summed E-state index contributed by atoms with van der Waals surface area (Å²) in [5.74, 6) is -0.331. The Kier molecular flexibility index (Phi) is 6.73. The molecule has 0 aliphatic carbocycles. The summed E-state index contributed by atoms with van der Waals surface area (Å²) in [5.41, 5.74) is -0.899. The van der Waals surface area contributed by atoms with E-state index < -0.39 is 33.1 Å². The Labute approximate surface area is 200 Å². The van der Waals surface area contributed by atoms with Crippen molar-refractivity contribution in [1.29, 1.82) is 0 Å². The summed E-state index contributed by atoms with van der Waals surface area (Å²) in [7, 11) is 0. The highest BCUT2D eigenvalue weighted by atomic mass is 32.1. The van der Waals surface area contributed by atoms with Gasteiger partial charge in [-0.25, -0.2) is 0 Å². The molecule has 0 atom stereocenters. The fraction of sp³-hybridized carbons (Fsp3) is 0.286. The van der Waals surface area contributed by atoms with Gasteiger partial charge in [-0.1, -0.05) is 11.3 Å². The first kappa shape index (κ1) is 23.8. The van der Waals surface area contributed by atoms with Gasteiger partial charge < -0.3 is 18.8 Å². The van der Waals surface area contributed by atoms with E-state index >= 15 is 0 Å². The van der Waals surface area contributed by atoms with Crippen molar-refractivity contribution in [1.82, 2.24) is 4.57 Å². The zero-order valence-corrected chi connectivity index (χ0v) is 19.1. The molecule has 13 nitrogen and oxygen atoms in total. The molecule has 1 aliphatic heterocycles. The van der Waals surface area contributed by atoms with E-state index in [0.717, 1.165) is 29.5 Å². The van der Waals surface area contributed by atoms with Gasteiger partial charge in [0.1, 0.15) is 13.2 Å². The van der Waals surface area contributed by atoms with Crippen LogP contribution < -0.4 is 14.3 Å². The summed E-state index contributed by atoms with van der Waals surface area (Å²) in [6, 6.07) is 6.06. The molecule has 0 N–H and O–H groups in total. The zero-order valence-electron chi connectivity index (χ0n) is 18.3. The van der Waals surface area contributed by atoms with Gasteiger partial charge in [0.15, 0.2) is 16.3 Å². The van der Waals surface area contributed by atoms with Crippen molar-refractivity contribution in [3.05, 3.63) is 60.9 Å². The Balaban J connectivity index is 1.82. The van der Waals surface area contributed by atoms with Crippen molar-refractivity contribution in [2.75, 3.05) is 19.8 Å². The monoisotopic (exact) mass is 502 g/mol. The number of thiazole rings is 1. The number of nitro groups is 2. The number of aryl methyl sites for hydroxylation is 1. The molecule has 2 heterocycles. The van der Waals surface area contributed by atoms with Gasteiger partial charge in [-0.05, 0) is 6.92 Å². The van der Waals surface area contributed by atoms with Gasteiger partial charge in [-0.3, -0.25) is 29.8 Å². The third-order valence-electron chi connectivity index (χ3n) is 4.96. The number of benzene rings is 2. The summed E-state index contributed by atoms with van der Waals surface area (Å²) >= 11 is 1.13. The molecule has 1 aromatic heterocycles. The molecule has 1 aliphatic rings. The molecule has 0 fully saturated rings. The molecule has 0 spiro atoms. The number of esters is 1. The standard InChI is InChI=1S/C21H18N4O9S/c1-2-32-19(26)3-4-23-15-10-16-17(34-6-5-33-16)11-18(15)35-21(23)22-20(27)12-7-13(24(28)29)9-14(8-12)25(30)31/h7-11H,2-6H2,1H3. The van der Waals surface area contributed by atoms with Crippen LogP contribution in [-0.2, 0) is 16.1 Å². The van der Waals surface area contributed by atoms with Gasteiger partial charge in [0.25, 0.3) is 17.3 Å². The highest BCUT2D eigenvalue weighted by molar-refractivity contribution is 7.16. The Bertz CT molecular complexity index is 1390. The van der Waals surface area contributed by atoms with Gasteiger partial charge in [-0.15, -0.1) is 0 Å². The molecule has 0 saturated carbocycles. The van der Waals surface area contributed by atoms with Crippen LogP contribution in [0.2, 0.25) is 0 Å². The average Bonchev–Trinajstić information content (AvgIpc) is 3.16. The van der Waals surface area contributed by atoms with E-state index in [1.807, 2.05) is 0 Å². The quantitative estimate of drug-likeness (QED) is 0.268. The van der Waals surface area contributed by atoms with Crippen molar-refractivity contribution in [2.45, 2.75) is 19.9 Å². The maximum absolute atomic E-state index is 12.9. The van der Waals surface area contributed by atoms with E-state index in [4.69, 9.17) is 14.2 Å². The summed E-state index contributed by atoms with van der Waals surface area (Å²) in [5, 5.41) is 22.4. The van der Waals surface area contributed by atoms with E-state index in [1.165, 1.54) is 0 Å². The molecule has 1 amide bonds. The first-order valence-corrected chi connectivity index (χ1v) is 11.2. The summed E-state index contributed by atoms with van der Waals surface area (Å²) in [4.78, 5) is 49.9. The largest absolute Gasteiger partial charge is 0.486 e. The number of non-ortho nitro benzene ring substituents is 2. The molecule has 0 unspecified atom stereocenters. The predicted octanol–water partition coefficient (Wildman–Crippen LogP) is 2.98. The fourth-order valence-corrected chi connectivity index (χ4v) is 4.49. The number of amides is 1. The van der Waals surface area contributed by atoms with Gasteiger partial charge in [0, 0.05) is 30.8 Å². The zero-order chi connectivity index (χ0) is 25.1. The van der Waals surface area contributed by atoms with Crippen LogP contribution in [0.3, 0.4) is 0 Å². The van der Waals surface area contributed by atoms with Crippen LogP contribution in [0.25, 0.3) is 10.2 Å². The number of aromatic nitrogens is 1. The number of nitrogens with zero attached hydrogens (tertiary/aromatic N) is 4. The second-order valence-corrected chi connectivity index (χ2v) is 8.23. The third kappa shape index (κ3) is 5.11. The fourth-order valence-electron chi connectivity index (χ4n) is 3.42. The Morgan fingerprint density at radius 2 is 1.69 bits per heavy atom. The summed E-state index contributed by atoms with van der Waals surface area (Å²) in [6.45, 7) is 2.78. The van der Waals surface area contributed by atoms with E-state index in [9.17, 15) is 29.8 Å². The van der Waals surface area contributed by atoms with Gasteiger partial charge in [0.2, 0.25) is 0 Å². The lowest BCUT2D eigenvalue weighted by Crippen LogP contribution is -2.20. The number of ether oxygens (including phenoxy) is 3. The van der Waals surface area contributed by atoms with E-state index in [-0.39, 0.29) is 29.9 Å². The minimum absolute atomic E-state index is 0.00221. The lowest BCUT2D eigenvalue weighted by Gasteiger charge is -2.18. The number of fused-ring (bicyclic) bond motifs is 2. The van der Waals surface area contributed by atoms with E-state index in [2.05, 4.69) is 4.99 Å². The van der Waals surface area contributed by atoms with Gasteiger partial charge in [0.05, 0.1) is 44.7 Å². The third-order valence-corrected chi connectivity index (χ3v) is 6.00. The minimum Gasteiger partial charge on any atom is -0.486 e. The highest BCUT2D eigenvalue weighted by Gasteiger charge is 2.21. The SMILES string of the molecule is CCOC(=O)CCn1c(=NC(=O)c2cc([N+](=O)[O-])cc([N+](=O)[O-])c2)sc2cc3c(cc21)OCCO3. The van der Waals surface area contributed by atoms with Crippen molar-refractivity contribution < 1.29 is 33.6 Å². The normalized spacial score (nSPS) is 13.0. The van der Waals surface area contributed by atoms with Crippen LogP contribution in [0.1, 0.15) is 23.7 Å². The van der Waals surface area contributed by atoms with Crippen LogP contribution in [0.4, 0.5) is 11.4 Å². The molecular formula is C21H18N4O9S. The molecular weight excluding hydrogens is 484 g/mol. The molecule has 0 saturated heterocycles. The molecule has 182 valence electrons. The molecule has 4 rings (SSSR count). The first-order chi connectivity index (χ1) is 16.8. The van der Waals surface area contributed by atoms with Gasteiger partial charge >= 0.3 is 5.97 Å². The van der Waals surface area contributed by atoms with Crippen molar-refractivity contribution in [3.63, 3.8) is 0 Å². The van der Waals surface area contributed by atoms with Crippen molar-refractivity contribution >= 4 is 44.8 Å². The van der Waals surface area contributed by atoms with Crippen LogP contribution in [0.15, 0.2) is 35.3 Å². The maximum Gasteiger partial charge on any atom is 0.307 e. The summed E-state index contributed by atoms with van der Waals surface area (Å²) in [6.07, 6.45) is -0.00221. The van der Waals surface area contributed by atoms with Crippen LogP contribution >= 0.6 is 11.3 Å². The lowest BCUT2D eigenvalue weighted by molar-refractivity contribution is -0.394. The van der Waals surface area contributed by atoms with Gasteiger partial charge in [-0.2, -0.15) is 4.99 Å². The Morgan fingerprint density at radius 1 is 1.06 bits per heavy atom. The maximum atomic E-state index is 12.9. The number of hydrogen-bond acceptors (Lipinski definition) is 10. The first-order valence-electron chi connectivity index (χ1n) is 10.4. The number of nitro benzene ring substituents is 2. The highest BCUT2D eigenvalue weighted by Crippen LogP contribution is 2.35. The second kappa shape index (κ2) is 9.89. The predicted molar refractivity (Wildman–Crippen MR) is 122 cm³/mol. The molecule has 2 aromatic carbocycles. The molecule has 3 aromatic rings. The van der Waals surface area contributed by atoms with Crippen molar-refractivity contribution in [2.24, 2.45) is 4.99 Å². The number of hydrogen-bond donors (Lipinski definition) is 0. The molecule has 14 heteroatoms. The number of carbonyl (C=O) groups is 2.